The smallest absolute Gasteiger partial charge is 0.299 e. The van der Waals surface area contributed by atoms with Gasteiger partial charge in [0.1, 0.15) is 12.0 Å². The number of anilines is 3. The number of nitrogens with two attached hydrogens (primary N) is 1. The first-order valence-electron chi connectivity index (χ1n) is 6.36. The maximum atomic E-state index is 5.67. The van der Waals surface area contributed by atoms with Crippen LogP contribution < -0.4 is 11.1 Å². The molecule has 20 heavy (non-hydrogen) atoms. The van der Waals surface area contributed by atoms with Gasteiger partial charge in [0, 0.05) is 16.9 Å². The van der Waals surface area contributed by atoms with Crippen molar-refractivity contribution in [1.82, 2.24) is 4.98 Å². The third-order valence-corrected chi connectivity index (χ3v) is 3.01. The summed E-state index contributed by atoms with van der Waals surface area (Å²) in [6.07, 6.45) is 1.63. The summed E-state index contributed by atoms with van der Waals surface area (Å²) in [5.41, 5.74) is 10.3. The van der Waals surface area contributed by atoms with Crippen molar-refractivity contribution < 1.29 is 4.42 Å². The number of hydrogen-bond acceptors (Lipinski definition) is 4. The number of nitrogen functional groups attached to an aromatic ring is 1. The molecule has 0 saturated heterocycles. The predicted molar refractivity (Wildman–Crippen MR) is 80.8 cm³/mol. The van der Waals surface area contributed by atoms with Gasteiger partial charge in [-0.1, -0.05) is 29.8 Å². The van der Waals surface area contributed by atoms with E-state index < -0.39 is 0 Å². The Morgan fingerprint density at radius 2 is 1.70 bits per heavy atom. The van der Waals surface area contributed by atoms with E-state index in [4.69, 9.17) is 10.2 Å². The lowest BCUT2D eigenvalue weighted by Gasteiger charge is -2.01. The highest BCUT2D eigenvalue weighted by molar-refractivity contribution is 5.63. The minimum atomic E-state index is 0.473. The molecule has 0 aliphatic carbocycles. The summed E-state index contributed by atoms with van der Waals surface area (Å²) < 4.78 is 5.43. The molecule has 3 rings (SSSR count). The minimum Gasteiger partial charge on any atom is -0.431 e. The van der Waals surface area contributed by atoms with Gasteiger partial charge in [0.05, 0.1) is 0 Å². The van der Waals surface area contributed by atoms with Crippen LogP contribution in [0.1, 0.15) is 5.56 Å². The predicted octanol–water partition coefficient (Wildman–Crippen LogP) is 3.98. The van der Waals surface area contributed by atoms with Gasteiger partial charge in [-0.2, -0.15) is 4.98 Å². The zero-order valence-electron chi connectivity index (χ0n) is 11.1. The number of oxazole rings is 1. The largest absolute Gasteiger partial charge is 0.431 e. The summed E-state index contributed by atoms with van der Waals surface area (Å²) in [6, 6.07) is 16.0. The molecule has 4 nitrogen and oxygen atoms in total. The van der Waals surface area contributed by atoms with Crippen LogP contribution in [0.25, 0.3) is 11.3 Å². The van der Waals surface area contributed by atoms with Gasteiger partial charge >= 0.3 is 0 Å². The molecule has 0 radical (unpaired) electrons. The van der Waals surface area contributed by atoms with Gasteiger partial charge in [-0.25, -0.2) is 0 Å². The van der Waals surface area contributed by atoms with E-state index in [0.717, 1.165) is 22.6 Å². The summed E-state index contributed by atoms with van der Waals surface area (Å²) in [4.78, 5) is 4.41. The number of rotatable bonds is 3. The molecule has 1 heterocycles. The van der Waals surface area contributed by atoms with E-state index >= 15 is 0 Å². The highest BCUT2D eigenvalue weighted by atomic mass is 16.4. The number of nitrogens with one attached hydrogen (secondary N) is 1. The summed E-state index contributed by atoms with van der Waals surface area (Å²) in [5, 5.41) is 3.13. The van der Waals surface area contributed by atoms with Crippen LogP contribution in [0.4, 0.5) is 17.4 Å². The van der Waals surface area contributed by atoms with Crippen molar-refractivity contribution in [2.75, 3.05) is 11.1 Å². The van der Waals surface area contributed by atoms with Crippen molar-refractivity contribution in [1.29, 1.82) is 0 Å². The summed E-state index contributed by atoms with van der Waals surface area (Å²) in [7, 11) is 0. The monoisotopic (exact) mass is 265 g/mol. The van der Waals surface area contributed by atoms with Crippen molar-refractivity contribution >= 4 is 17.4 Å². The molecule has 3 aromatic rings. The molecule has 0 fully saturated rings. The van der Waals surface area contributed by atoms with Crippen LogP contribution in [0.5, 0.6) is 0 Å². The fourth-order valence-corrected chi connectivity index (χ4v) is 1.88. The molecule has 0 bridgehead atoms. The van der Waals surface area contributed by atoms with Crippen LogP contribution in [0.3, 0.4) is 0 Å². The standard InChI is InChI=1S/C16H15N3O/c1-11-2-8-14(9-3-11)18-16-19-15(10-20-16)12-4-6-13(17)7-5-12/h2-10H,17H2,1H3,(H,18,19). The zero-order chi connectivity index (χ0) is 13.9. The van der Waals surface area contributed by atoms with E-state index in [0.29, 0.717) is 6.01 Å². The second kappa shape index (κ2) is 5.09. The summed E-state index contributed by atoms with van der Waals surface area (Å²) in [5.74, 6) is 0. The zero-order valence-corrected chi connectivity index (χ0v) is 11.1. The second-order valence-corrected chi connectivity index (χ2v) is 4.65. The fraction of sp³-hybridized carbons (Fsp3) is 0.0625. The average molecular weight is 265 g/mol. The van der Waals surface area contributed by atoms with Gasteiger partial charge < -0.3 is 15.5 Å². The molecule has 0 amide bonds. The highest BCUT2D eigenvalue weighted by Crippen LogP contribution is 2.23. The maximum absolute atomic E-state index is 5.67. The number of nitrogens with zero attached hydrogens (tertiary/aromatic N) is 1. The van der Waals surface area contributed by atoms with Gasteiger partial charge in [0.2, 0.25) is 0 Å². The Morgan fingerprint density at radius 1 is 1.00 bits per heavy atom. The van der Waals surface area contributed by atoms with Crippen molar-refractivity contribution in [2.45, 2.75) is 6.92 Å². The first-order chi connectivity index (χ1) is 9.70. The van der Waals surface area contributed by atoms with Crippen LogP contribution in [0.2, 0.25) is 0 Å². The lowest BCUT2D eigenvalue weighted by Crippen LogP contribution is -1.90. The molecule has 2 aromatic carbocycles. The van der Waals surface area contributed by atoms with Crippen molar-refractivity contribution in [2.24, 2.45) is 0 Å². The number of aromatic nitrogens is 1. The van der Waals surface area contributed by atoms with E-state index in [1.165, 1.54) is 5.56 Å². The third-order valence-electron chi connectivity index (χ3n) is 3.01. The van der Waals surface area contributed by atoms with E-state index in [1.807, 2.05) is 55.5 Å². The number of benzene rings is 2. The Bertz CT molecular complexity index is 699. The quantitative estimate of drug-likeness (QED) is 0.703. The Labute approximate surface area is 117 Å². The van der Waals surface area contributed by atoms with Crippen LogP contribution in [0.15, 0.2) is 59.2 Å². The fourth-order valence-electron chi connectivity index (χ4n) is 1.88. The highest BCUT2D eigenvalue weighted by Gasteiger charge is 2.06. The van der Waals surface area contributed by atoms with Crippen molar-refractivity contribution in [3.05, 3.63) is 60.4 Å². The topological polar surface area (TPSA) is 64.1 Å². The molecular weight excluding hydrogens is 250 g/mol. The van der Waals surface area contributed by atoms with Crippen LogP contribution in [0, 0.1) is 6.92 Å². The van der Waals surface area contributed by atoms with Crippen LogP contribution in [-0.2, 0) is 0 Å². The summed E-state index contributed by atoms with van der Waals surface area (Å²) >= 11 is 0. The molecule has 0 aliphatic rings. The van der Waals surface area contributed by atoms with E-state index in [-0.39, 0.29) is 0 Å². The molecule has 100 valence electrons. The minimum absolute atomic E-state index is 0.473. The van der Waals surface area contributed by atoms with Gasteiger partial charge in [-0.3, -0.25) is 0 Å². The van der Waals surface area contributed by atoms with Gasteiger partial charge in [-0.15, -0.1) is 0 Å². The number of aryl methyl sites for hydroxylation is 1. The molecule has 0 saturated carbocycles. The van der Waals surface area contributed by atoms with E-state index in [9.17, 15) is 0 Å². The number of hydrogen-bond donors (Lipinski definition) is 2. The molecule has 0 unspecified atom stereocenters. The van der Waals surface area contributed by atoms with E-state index in [2.05, 4.69) is 10.3 Å². The normalized spacial score (nSPS) is 10.4. The molecule has 0 aliphatic heterocycles. The van der Waals surface area contributed by atoms with Crippen LogP contribution in [-0.4, -0.2) is 4.98 Å². The van der Waals surface area contributed by atoms with Crippen LogP contribution >= 0.6 is 0 Å². The lowest BCUT2D eigenvalue weighted by molar-refractivity contribution is 0.578. The molecule has 1 aromatic heterocycles. The lowest BCUT2D eigenvalue weighted by atomic mass is 10.1. The Balaban J connectivity index is 1.80. The molecule has 0 spiro atoms. The van der Waals surface area contributed by atoms with Crippen molar-refractivity contribution in [3.8, 4) is 11.3 Å². The molecule has 3 N–H and O–H groups in total. The Hall–Kier alpha value is -2.75. The van der Waals surface area contributed by atoms with Crippen molar-refractivity contribution in [3.63, 3.8) is 0 Å². The Kier molecular flexibility index (Phi) is 3.13. The van der Waals surface area contributed by atoms with Gasteiger partial charge in [0.25, 0.3) is 6.01 Å². The second-order valence-electron chi connectivity index (χ2n) is 4.65. The first kappa shape index (κ1) is 12.3. The maximum Gasteiger partial charge on any atom is 0.299 e. The van der Waals surface area contributed by atoms with Gasteiger partial charge in [0.15, 0.2) is 0 Å². The first-order valence-corrected chi connectivity index (χ1v) is 6.36. The molecule has 4 heteroatoms. The molecular formula is C16H15N3O. The Morgan fingerprint density at radius 3 is 2.40 bits per heavy atom. The van der Waals surface area contributed by atoms with Gasteiger partial charge in [-0.05, 0) is 31.2 Å². The van der Waals surface area contributed by atoms with E-state index in [1.54, 1.807) is 6.26 Å². The average Bonchev–Trinajstić information content (AvgIpc) is 2.91. The molecule has 0 atom stereocenters. The summed E-state index contributed by atoms with van der Waals surface area (Å²) in [6.45, 7) is 2.05. The third kappa shape index (κ3) is 2.64. The SMILES string of the molecule is Cc1ccc(Nc2nc(-c3ccc(N)cc3)co2)cc1.